The molecule has 1 amide bonds. The molecule has 12 heteroatoms. The zero-order valence-electron chi connectivity index (χ0n) is 21.5. The molecule has 4 rings (SSSR count). The number of nitro benzene ring substituents is 1. The van der Waals surface area contributed by atoms with Gasteiger partial charge in [0.1, 0.15) is 17.4 Å². The van der Waals surface area contributed by atoms with Crippen LogP contribution in [0.15, 0.2) is 78.4 Å². The summed E-state index contributed by atoms with van der Waals surface area (Å²) in [6.45, 7) is 3.64. The number of nitro groups is 1. The van der Waals surface area contributed by atoms with E-state index >= 15 is 0 Å². The van der Waals surface area contributed by atoms with Crippen LogP contribution in [0.5, 0.6) is 11.5 Å². The third kappa shape index (κ3) is 6.57. The minimum atomic E-state index is -4.74. The topological polar surface area (TPSA) is 110 Å². The first kappa shape index (κ1) is 28.9. The quantitative estimate of drug-likeness (QED) is 0.103. The molecule has 0 aliphatic carbocycles. The van der Waals surface area contributed by atoms with E-state index in [9.17, 15) is 33.3 Å². The molecule has 0 saturated heterocycles. The summed E-state index contributed by atoms with van der Waals surface area (Å²) in [6, 6.07) is 18.7. The molecule has 0 aliphatic heterocycles. The van der Waals surface area contributed by atoms with Gasteiger partial charge in [-0.2, -0.15) is 18.4 Å². The summed E-state index contributed by atoms with van der Waals surface area (Å²) in [5.41, 5.74) is 1.16. The molecular formula is C29H20ClF3N4O4. The maximum absolute atomic E-state index is 13.0. The lowest BCUT2D eigenvalue weighted by Crippen LogP contribution is -2.13. The Balaban J connectivity index is 1.58. The number of hydrogen-bond acceptors (Lipinski definition) is 5. The third-order valence-electron chi connectivity index (χ3n) is 6.02. The minimum absolute atomic E-state index is 0.118. The Hall–Kier alpha value is -5.08. The van der Waals surface area contributed by atoms with Crippen molar-refractivity contribution in [2.24, 2.45) is 0 Å². The van der Waals surface area contributed by atoms with Gasteiger partial charge in [0.15, 0.2) is 0 Å². The number of hydrogen-bond donors (Lipinski definition) is 1. The molecule has 0 aliphatic rings. The van der Waals surface area contributed by atoms with E-state index in [1.54, 1.807) is 49.4 Å². The Morgan fingerprint density at radius 2 is 1.80 bits per heavy atom. The number of nitriles is 1. The zero-order chi connectivity index (χ0) is 29.9. The molecule has 0 atom stereocenters. The maximum atomic E-state index is 13.0. The van der Waals surface area contributed by atoms with E-state index in [-0.39, 0.29) is 17.1 Å². The van der Waals surface area contributed by atoms with Crippen LogP contribution in [0.4, 0.5) is 24.5 Å². The summed E-state index contributed by atoms with van der Waals surface area (Å²) in [6.07, 6.45) is -3.26. The SMILES string of the molecule is Cc1cc(/C=C(\C#N)C(=O)Nc2cccc(Cl)c2)c(C)n1-c1ccc(Oc2ccc(C(F)(F)F)cc2[N+](=O)[O-])cc1. The normalized spacial score (nSPS) is 11.6. The summed E-state index contributed by atoms with van der Waals surface area (Å²) < 4.78 is 46.3. The van der Waals surface area contributed by atoms with Crippen LogP contribution >= 0.6 is 11.6 Å². The average Bonchev–Trinajstić information content (AvgIpc) is 3.19. The highest BCUT2D eigenvalue weighted by molar-refractivity contribution is 6.31. The minimum Gasteiger partial charge on any atom is -0.450 e. The fourth-order valence-corrected chi connectivity index (χ4v) is 4.30. The number of aryl methyl sites for hydroxylation is 1. The molecule has 0 unspecified atom stereocenters. The van der Waals surface area contributed by atoms with Gasteiger partial charge in [0, 0.05) is 33.9 Å². The second kappa shape index (κ2) is 11.6. The average molecular weight is 581 g/mol. The molecule has 1 heterocycles. The second-order valence-electron chi connectivity index (χ2n) is 8.83. The van der Waals surface area contributed by atoms with Gasteiger partial charge < -0.3 is 14.6 Å². The van der Waals surface area contributed by atoms with Crippen molar-refractivity contribution in [3.63, 3.8) is 0 Å². The van der Waals surface area contributed by atoms with Gasteiger partial charge in [-0.05, 0) is 86.2 Å². The highest BCUT2D eigenvalue weighted by atomic mass is 35.5. The molecule has 208 valence electrons. The number of nitrogens with zero attached hydrogens (tertiary/aromatic N) is 3. The van der Waals surface area contributed by atoms with E-state index in [2.05, 4.69) is 5.32 Å². The van der Waals surface area contributed by atoms with E-state index in [0.29, 0.717) is 34.1 Å². The number of aromatic nitrogens is 1. The largest absolute Gasteiger partial charge is 0.450 e. The molecule has 1 aromatic heterocycles. The van der Waals surface area contributed by atoms with Crippen molar-refractivity contribution in [2.75, 3.05) is 5.32 Å². The van der Waals surface area contributed by atoms with Gasteiger partial charge in [-0.1, -0.05) is 17.7 Å². The first-order chi connectivity index (χ1) is 19.4. The van der Waals surface area contributed by atoms with Crippen molar-refractivity contribution in [2.45, 2.75) is 20.0 Å². The predicted molar refractivity (Wildman–Crippen MR) is 147 cm³/mol. The number of alkyl halides is 3. The van der Waals surface area contributed by atoms with Crippen LogP contribution in [0.25, 0.3) is 11.8 Å². The third-order valence-corrected chi connectivity index (χ3v) is 6.26. The van der Waals surface area contributed by atoms with E-state index in [1.165, 1.54) is 18.2 Å². The van der Waals surface area contributed by atoms with Crippen LogP contribution in [-0.2, 0) is 11.0 Å². The van der Waals surface area contributed by atoms with Crippen LogP contribution in [0.2, 0.25) is 5.02 Å². The van der Waals surface area contributed by atoms with Crippen molar-refractivity contribution in [1.29, 1.82) is 5.26 Å². The summed E-state index contributed by atoms with van der Waals surface area (Å²) >= 11 is 5.95. The van der Waals surface area contributed by atoms with Crippen LogP contribution in [0.3, 0.4) is 0 Å². The van der Waals surface area contributed by atoms with Gasteiger partial charge >= 0.3 is 11.9 Å². The summed E-state index contributed by atoms with van der Waals surface area (Å²) in [5.74, 6) is -0.765. The van der Waals surface area contributed by atoms with E-state index in [1.807, 2.05) is 17.6 Å². The second-order valence-corrected chi connectivity index (χ2v) is 9.27. The number of carbonyl (C=O) groups is 1. The number of nitrogens with one attached hydrogen (secondary N) is 1. The summed E-state index contributed by atoms with van der Waals surface area (Å²) in [5, 5.41) is 24.0. The van der Waals surface area contributed by atoms with Gasteiger partial charge in [0.25, 0.3) is 5.91 Å². The van der Waals surface area contributed by atoms with Gasteiger partial charge in [-0.25, -0.2) is 0 Å². The number of rotatable bonds is 7. The fraction of sp³-hybridized carbons (Fsp3) is 0.103. The van der Waals surface area contributed by atoms with Crippen molar-refractivity contribution in [1.82, 2.24) is 4.57 Å². The van der Waals surface area contributed by atoms with Gasteiger partial charge in [0.2, 0.25) is 5.75 Å². The molecule has 0 bridgehead atoms. The monoisotopic (exact) mass is 580 g/mol. The number of halogens is 4. The zero-order valence-corrected chi connectivity index (χ0v) is 22.2. The Morgan fingerprint density at radius 1 is 1.10 bits per heavy atom. The van der Waals surface area contributed by atoms with Gasteiger partial charge in [-0.3, -0.25) is 14.9 Å². The van der Waals surface area contributed by atoms with Gasteiger partial charge in [0.05, 0.1) is 10.5 Å². The molecule has 0 fully saturated rings. The number of benzene rings is 3. The number of ether oxygens (including phenoxy) is 1. The van der Waals surface area contributed by atoms with Crippen molar-refractivity contribution in [3.05, 3.63) is 116 Å². The molecule has 0 radical (unpaired) electrons. The summed E-state index contributed by atoms with van der Waals surface area (Å²) in [7, 11) is 0. The Morgan fingerprint density at radius 3 is 2.41 bits per heavy atom. The lowest BCUT2D eigenvalue weighted by atomic mass is 10.1. The van der Waals surface area contributed by atoms with Crippen molar-refractivity contribution < 1.29 is 27.6 Å². The number of carbonyl (C=O) groups excluding carboxylic acids is 1. The molecule has 0 saturated carbocycles. The first-order valence-electron chi connectivity index (χ1n) is 11.9. The highest BCUT2D eigenvalue weighted by Gasteiger charge is 2.33. The molecule has 41 heavy (non-hydrogen) atoms. The van der Waals surface area contributed by atoms with Crippen molar-refractivity contribution in [3.8, 4) is 23.3 Å². The maximum Gasteiger partial charge on any atom is 0.416 e. The Kier molecular flexibility index (Phi) is 8.16. The lowest BCUT2D eigenvalue weighted by Gasteiger charge is -2.12. The first-order valence-corrected chi connectivity index (χ1v) is 12.3. The van der Waals surface area contributed by atoms with E-state index in [4.69, 9.17) is 16.3 Å². The molecule has 3 aromatic carbocycles. The molecule has 8 nitrogen and oxygen atoms in total. The van der Waals surface area contributed by atoms with E-state index < -0.39 is 28.3 Å². The standard InChI is InChI=1S/C29H20ClF3N4O4/c1-17-12-19(13-20(16-34)28(38)35-23-5-3-4-22(30)15-23)18(2)36(17)24-7-9-25(10-8-24)41-27-11-6-21(29(31,32)33)14-26(27)37(39)40/h3-15H,1-2H3,(H,35,38)/b20-13+. The number of anilines is 1. The van der Waals surface area contributed by atoms with Gasteiger partial charge in [-0.15, -0.1) is 0 Å². The highest BCUT2D eigenvalue weighted by Crippen LogP contribution is 2.38. The molecule has 0 spiro atoms. The Labute approximate surface area is 237 Å². The predicted octanol–water partition coefficient (Wildman–Crippen LogP) is 8.01. The van der Waals surface area contributed by atoms with E-state index in [0.717, 1.165) is 17.5 Å². The van der Waals surface area contributed by atoms with Crippen LogP contribution < -0.4 is 10.1 Å². The lowest BCUT2D eigenvalue weighted by molar-refractivity contribution is -0.385. The van der Waals surface area contributed by atoms with Crippen LogP contribution in [0, 0.1) is 35.3 Å². The Bertz CT molecular complexity index is 1720. The summed E-state index contributed by atoms with van der Waals surface area (Å²) in [4.78, 5) is 23.1. The molecular weight excluding hydrogens is 561 g/mol. The smallest absolute Gasteiger partial charge is 0.416 e. The molecule has 4 aromatic rings. The fourth-order valence-electron chi connectivity index (χ4n) is 4.11. The van der Waals surface area contributed by atoms with Crippen LogP contribution in [-0.4, -0.2) is 15.4 Å². The van der Waals surface area contributed by atoms with Crippen LogP contribution in [0.1, 0.15) is 22.5 Å². The number of amides is 1. The molecule has 1 N–H and O–H groups in total. The van der Waals surface area contributed by atoms with Crippen molar-refractivity contribution >= 4 is 35.0 Å².